The van der Waals surface area contributed by atoms with E-state index in [1.807, 2.05) is 13.8 Å². The number of halogens is 3. The number of aliphatic hydroxyl groups is 1. The van der Waals surface area contributed by atoms with E-state index in [1.54, 1.807) is 6.07 Å². The molecule has 0 spiro atoms. The molecule has 0 fully saturated rings. The Balaban J connectivity index is 2.37. The molecule has 0 unspecified atom stereocenters. The first-order chi connectivity index (χ1) is 11.8. The normalized spacial score (nSPS) is 11.0. The van der Waals surface area contributed by atoms with Crippen LogP contribution in [0, 0.1) is 5.95 Å². The third-order valence-corrected chi connectivity index (χ3v) is 4.14. The second-order valence-corrected chi connectivity index (χ2v) is 6.45. The van der Waals surface area contributed by atoms with Crippen LogP contribution in [-0.2, 0) is 0 Å². The van der Waals surface area contributed by atoms with Crippen LogP contribution in [0.2, 0.25) is 10.0 Å². The number of rotatable bonds is 7. The van der Waals surface area contributed by atoms with Crippen LogP contribution < -0.4 is 10.1 Å². The molecule has 2 aromatic rings. The number of hydrogen-bond donors (Lipinski definition) is 3. The van der Waals surface area contributed by atoms with Gasteiger partial charge in [-0.25, -0.2) is 0 Å². The smallest absolute Gasteiger partial charge is 0.237 e. The molecule has 0 aliphatic heterocycles. The fourth-order valence-electron chi connectivity index (χ4n) is 2.16. The predicted octanol–water partition coefficient (Wildman–Crippen LogP) is 4.94. The largest absolute Gasteiger partial charge is 0.508 e. The van der Waals surface area contributed by atoms with E-state index in [1.165, 1.54) is 12.1 Å². The van der Waals surface area contributed by atoms with Crippen LogP contribution in [0.25, 0.3) is 0 Å². The summed E-state index contributed by atoms with van der Waals surface area (Å²) in [6.07, 6.45) is 0.453. The topological polar surface area (TPSA) is 74.6 Å². The summed E-state index contributed by atoms with van der Waals surface area (Å²) >= 11 is 12.2. The molecule has 3 N–H and O–H groups in total. The zero-order valence-electron chi connectivity index (χ0n) is 13.8. The van der Waals surface area contributed by atoms with E-state index in [0.717, 1.165) is 0 Å². The molecule has 1 aromatic heterocycles. The fraction of sp³-hybridized carbons (Fsp3) is 0.353. The van der Waals surface area contributed by atoms with Gasteiger partial charge in [-0.05, 0) is 30.5 Å². The standard InChI is InChI=1S/C17H19Cl2FN2O3/c1-9(2)11-8-10(4-5-12(11)24)25-15-13(18)16(20)22-17(14(15)19)21-6-3-7-23/h4-5,8-9,23-24H,3,6-7H2,1-2H3,(H,21,22). The minimum absolute atomic E-state index is 0.0183. The Bertz CT molecular complexity index is 757. The molecule has 0 radical (unpaired) electrons. The highest BCUT2D eigenvalue weighted by atomic mass is 35.5. The lowest BCUT2D eigenvalue weighted by molar-refractivity contribution is 0.292. The molecule has 136 valence electrons. The average molecular weight is 389 g/mol. The van der Waals surface area contributed by atoms with Crippen LogP contribution in [0.3, 0.4) is 0 Å². The van der Waals surface area contributed by atoms with Gasteiger partial charge in [0.2, 0.25) is 5.95 Å². The van der Waals surface area contributed by atoms with Crippen LogP contribution in [0.15, 0.2) is 18.2 Å². The van der Waals surface area contributed by atoms with Crippen LogP contribution >= 0.6 is 23.2 Å². The molecular formula is C17H19Cl2FN2O3. The zero-order valence-corrected chi connectivity index (χ0v) is 15.3. The van der Waals surface area contributed by atoms with E-state index in [9.17, 15) is 9.50 Å². The highest BCUT2D eigenvalue weighted by molar-refractivity contribution is 6.38. The molecular weight excluding hydrogens is 370 g/mol. The van der Waals surface area contributed by atoms with Gasteiger partial charge in [-0.15, -0.1) is 0 Å². The van der Waals surface area contributed by atoms with E-state index in [0.29, 0.717) is 24.3 Å². The van der Waals surface area contributed by atoms with Crippen LogP contribution in [-0.4, -0.2) is 28.3 Å². The molecule has 0 atom stereocenters. The first-order valence-electron chi connectivity index (χ1n) is 7.75. The lowest BCUT2D eigenvalue weighted by Crippen LogP contribution is -2.07. The van der Waals surface area contributed by atoms with Crippen LogP contribution in [0.4, 0.5) is 10.2 Å². The summed E-state index contributed by atoms with van der Waals surface area (Å²) in [5, 5.41) is 21.2. The molecule has 5 nitrogen and oxygen atoms in total. The number of nitrogens with one attached hydrogen (secondary N) is 1. The number of phenolic OH excluding ortho intramolecular Hbond substituents is 1. The SMILES string of the molecule is CC(C)c1cc(Oc2c(Cl)c(F)nc(NCCCO)c2Cl)ccc1O. The van der Waals surface area contributed by atoms with Crippen molar-refractivity contribution in [3.8, 4) is 17.2 Å². The van der Waals surface area contributed by atoms with Crippen molar-refractivity contribution in [2.75, 3.05) is 18.5 Å². The maximum Gasteiger partial charge on any atom is 0.237 e. The van der Waals surface area contributed by atoms with Gasteiger partial charge in [0.05, 0.1) is 0 Å². The predicted molar refractivity (Wildman–Crippen MR) is 96.7 cm³/mol. The number of aromatic hydroxyl groups is 1. The summed E-state index contributed by atoms with van der Waals surface area (Å²) in [6, 6.07) is 4.67. The summed E-state index contributed by atoms with van der Waals surface area (Å²) in [7, 11) is 0. The molecule has 25 heavy (non-hydrogen) atoms. The second-order valence-electron chi connectivity index (χ2n) is 5.69. The van der Waals surface area contributed by atoms with Gasteiger partial charge in [-0.3, -0.25) is 0 Å². The van der Waals surface area contributed by atoms with Gasteiger partial charge in [0, 0.05) is 18.7 Å². The molecule has 0 aliphatic rings. The van der Waals surface area contributed by atoms with Gasteiger partial charge >= 0.3 is 0 Å². The van der Waals surface area contributed by atoms with Gasteiger partial charge in [0.1, 0.15) is 21.5 Å². The highest BCUT2D eigenvalue weighted by Crippen LogP contribution is 2.42. The number of anilines is 1. The summed E-state index contributed by atoms with van der Waals surface area (Å²) in [6.45, 7) is 4.19. The van der Waals surface area contributed by atoms with Crippen molar-refractivity contribution in [3.05, 3.63) is 39.8 Å². The minimum atomic E-state index is -0.921. The second kappa shape index (κ2) is 8.56. The van der Waals surface area contributed by atoms with Crippen molar-refractivity contribution >= 4 is 29.0 Å². The molecule has 0 bridgehead atoms. The zero-order chi connectivity index (χ0) is 18.6. The van der Waals surface area contributed by atoms with Crippen LogP contribution in [0.1, 0.15) is 31.7 Å². The molecule has 0 aliphatic carbocycles. The Kier molecular flexibility index (Phi) is 6.70. The monoisotopic (exact) mass is 388 g/mol. The maximum absolute atomic E-state index is 14.0. The lowest BCUT2D eigenvalue weighted by atomic mass is 10.0. The van der Waals surface area contributed by atoms with Crippen molar-refractivity contribution in [1.29, 1.82) is 0 Å². The van der Waals surface area contributed by atoms with E-state index in [2.05, 4.69) is 10.3 Å². The molecule has 0 amide bonds. The van der Waals surface area contributed by atoms with E-state index in [4.69, 9.17) is 33.0 Å². The van der Waals surface area contributed by atoms with Gasteiger partial charge in [-0.2, -0.15) is 9.37 Å². The third-order valence-electron chi connectivity index (χ3n) is 3.47. The quantitative estimate of drug-likeness (QED) is 0.462. The Morgan fingerprint density at radius 2 is 2.00 bits per heavy atom. The van der Waals surface area contributed by atoms with Crippen molar-refractivity contribution in [3.63, 3.8) is 0 Å². The van der Waals surface area contributed by atoms with Gasteiger partial charge in [0.15, 0.2) is 11.6 Å². The Morgan fingerprint density at radius 1 is 1.28 bits per heavy atom. The number of nitrogens with zero attached hydrogens (tertiary/aromatic N) is 1. The number of benzene rings is 1. The number of hydrogen-bond acceptors (Lipinski definition) is 5. The number of phenols is 1. The third kappa shape index (κ3) is 4.66. The number of aliphatic hydroxyl groups excluding tert-OH is 1. The molecule has 0 saturated heterocycles. The minimum Gasteiger partial charge on any atom is -0.508 e. The van der Waals surface area contributed by atoms with Gasteiger partial charge in [-0.1, -0.05) is 37.0 Å². The Hall–Kier alpha value is -1.76. The molecule has 0 saturated carbocycles. The lowest BCUT2D eigenvalue weighted by Gasteiger charge is -2.15. The van der Waals surface area contributed by atoms with Crippen molar-refractivity contribution < 1.29 is 19.3 Å². The molecule has 1 heterocycles. The maximum atomic E-state index is 14.0. The molecule has 1 aromatic carbocycles. The first kappa shape index (κ1) is 19.6. The summed E-state index contributed by atoms with van der Waals surface area (Å²) in [5.74, 6) is -0.337. The number of ether oxygens (including phenoxy) is 1. The fourth-order valence-corrected chi connectivity index (χ4v) is 2.63. The summed E-state index contributed by atoms with van der Waals surface area (Å²) in [5.41, 5.74) is 0.681. The molecule has 2 rings (SSSR count). The van der Waals surface area contributed by atoms with Crippen molar-refractivity contribution in [2.24, 2.45) is 0 Å². The van der Waals surface area contributed by atoms with Gasteiger partial charge < -0.3 is 20.3 Å². The van der Waals surface area contributed by atoms with E-state index < -0.39 is 5.95 Å². The summed E-state index contributed by atoms with van der Waals surface area (Å²) < 4.78 is 19.7. The van der Waals surface area contributed by atoms with Gasteiger partial charge in [0.25, 0.3) is 0 Å². The molecule has 8 heteroatoms. The van der Waals surface area contributed by atoms with Crippen molar-refractivity contribution in [1.82, 2.24) is 4.98 Å². The number of aromatic nitrogens is 1. The number of pyridine rings is 1. The summed E-state index contributed by atoms with van der Waals surface area (Å²) in [4.78, 5) is 3.66. The van der Waals surface area contributed by atoms with Crippen LogP contribution in [0.5, 0.6) is 17.2 Å². The first-order valence-corrected chi connectivity index (χ1v) is 8.50. The highest BCUT2D eigenvalue weighted by Gasteiger charge is 2.20. The Morgan fingerprint density at radius 3 is 2.64 bits per heavy atom. The Labute approximate surface area is 155 Å². The van der Waals surface area contributed by atoms with E-state index in [-0.39, 0.29) is 39.9 Å². The van der Waals surface area contributed by atoms with Crippen molar-refractivity contribution in [2.45, 2.75) is 26.2 Å². The average Bonchev–Trinajstić information content (AvgIpc) is 2.57. The van der Waals surface area contributed by atoms with E-state index >= 15 is 0 Å².